The minimum Gasteiger partial charge on any atom is -0.292 e. The predicted molar refractivity (Wildman–Crippen MR) is 107 cm³/mol. The molecule has 0 spiro atoms. The molecule has 1 N–H and O–H groups in total. The highest BCUT2D eigenvalue weighted by atomic mass is 35.5. The largest absolute Gasteiger partial charge is 0.335 e. The number of aliphatic imine (C=N–C) groups is 1. The number of fused-ring (bicyclic) bond motifs is 2. The van der Waals surface area contributed by atoms with E-state index >= 15 is 0 Å². The number of benzene rings is 1. The molecule has 2 saturated carbocycles. The molecule has 3 fully saturated rings. The summed E-state index contributed by atoms with van der Waals surface area (Å²) in [6.07, 6.45) is 4.73. The number of nitrogens with one attached hydrogen (secondary N) is 1. The van der Waals surface area contributed by atoms with E-state index in [4.69, 9.17) is 16.6 Å². The van der Waals surface area contributed by atoms with Gasteiger partial charge in [-0.25, -0.2) is 9.69 Å². The molecule has 2 aliphatic carbocycles. The number of urea groups is 1. The second-order valence-corrected chi connectivity index (χ2v) is 9.28. The zero-order valence-corrected chi connectivity index (χ0v) is 17.0. The van der Waals surface area contributed by atoms with Crippen LogP contribution >= 0.6 is 11.6 Å². The van der Waals surface area contributed by atoms with Crippen molar-refractivity contribution < 1.29 is 14.4 Å². The van der Waals surface area contributed by atoms with Crippen molar-refractivity contribution in [3.8, 4) is 0 Å². The molecule has 148 valence electrons. The van der Waals surface area contributed by atoms with Gasteiger partial charge in [0.15, 0.2) is 5.92 Å². The van der Waals surface area contributed by atoms with Crippen LogP contribution in [0.2, 0.25) is 5.02 Å². The van der Waals surface area contributed by atoms with Crippen LogP contribution in [0, 0.1) is 22.7 Å². The summed E-state index contributed by atoms with van der Waals surface area (Å²) in [5.74, 6) is -1.72. The fraction of sp³-hybridized carbons (Fsp3) is 0.524. The third kappa shape index (κ3) is 2.69. The molecule has 1 aromatic carbocycles. The number of carbonyl (C=O) groups is 3. The van der Waals surface area contributed by atoms with Crippen LogP contribution in [-0.4, -0.2) is 30.1 Å². The molecule has 28 heavy (non-hydrogen) atoms. The Morgan fingerprint density at radius 3 is 2.43 bits per heavy atom. The van der Waals surface area contributed by atoms with Gasteiger partial charge in [0.2, 0.25) is 5.91 Å². The van der Waals surface area contributed by atoms with Crippen LogP contribution in [0.4, 0.5) is 10.5 Å². The zero-order chi connectivity index (χ0) is 20.3. The fourth-order valence-corrected chi connectivity index (χ4v) is 5.26. The maximum atomic E-state index is 12.9. The molecule has 4 atom stereocenters. The van der Waals surface area contributed by atoms with Crippen molar-refractivity contribution in [3.63, 3.8) is 0 Å². The number of hydrogen-bond acceptors (Lipinski definition) is 4. The number of hydrogen-bond donors (Lipinski definition) is 1. The average molecular weight is 402 g/mol. The highest BCUT2D eigenvalue weighted by molar-refractivity contribution is 6.33. The number of anilines is 1. The number of halogens is 1. The van der Waals surface area contributed by atoms with Crippen LogP contribution < -0.4 is 10.2 Å². The van der Waals surface area contributed by atoms with Crippen LogP contribution in [0.1, 0.15) is 40.0 Å². The summed E-state index contributed by atoms with van der Waals surface area (Å²) in [4.78, 5) is 43.2. The quantitative estimate of drug-likeness (QED) is 0.617. The summed E-state index contributed by atoms with van der Waals surface area (Å²) < 4.78 is 0. The van der Waals surface area contributed by atoms with Gasteiger partial charge in [0.05, 0.1) is 11.7 Å². The molecule has 1 unspecified atom stereocenters. The topological polar surface area (TPSA) is 78.8 Å². The van der Waals surface area contributed by atoms with E-state index in [0.717, 1.165) is 17.7 Å². The second-order valence-electron chi connectivity index (χ2n) is 8.85. The van der Waals surface area contributed by atoms with Crippen molar-refractivity contribution in [2.75, 3.05) is 4.90 Å². The number of carbonyl (C=O) groups excluding carboxylic acids is 3. The molecule has 1 aromatic rings. The highest BCUT2D eigenvalue weighted by Gasteiger charge is 2.61. The molecule has 4 rings (SSSR count). The molecule has 3 aliphatic rings. The Hall–Kier alpha value is -2.21. The Labute approximate surface area is 169 Å². The van der Waals surface area contributed by atoms with E-state index in [2.05, 4.69) is 26.1 Å². The molecule has 6 nitrogen and oxygen atoms in total. The van der Waals surface area contributed by atoms with E-state index in [1.807, 2.05) is 0 Å². The Balaban J connectivity index is 1.58. The number of imide groups is 2. The molecule has 2 bridgehead atoms. The van der Waals surface area contributed by atoms with Crippen molar-refractivity contribution in [2.45, 2.75) is 46.1 Å². The SMILES string of the molecule is CC1(C)[C@H]2CC[C@]1(C)[C@H](N=CC1C(=O)NC(=O)N(c3ccc(Cl)cc3)C1=O)C2. The molecule has 7 heteroatoms. The Kier molecular flexibility index (Phi) is 4.38. The molecular formula is C21H24ClN3O3. The first-order valence-electron chi connectivity index (χ1n) is 9.63. The summed E-state index contributed by atoms with van der Waals surface area (Å²) in [5, 5.41) is 2.76. The number of barbiturate groups is 1. The van der Waals surface area contributed by atoms with Gasteiger partial charge in [-0.2, -0.15) is 0 Å². The van der Waals surface area contributed by atoms with Gasteiger partial charge < -0.3 is 0 Å². The summed E-state index contributed by atoms with van der Waals surface area (Å²) in [6, 6.07) is 5.66. The van der Waals surface area contributed by atoms with Crippen molar-refractivity contribution in [1.82, 2.24) is 5.32 Å². The zero-order valence-electron chi connectivity index (χ0n) is 16.2. The molecule has 1 aliphatic heterocycles. The van der Waals surface area contributed by atoms with Gasteiger partial charge >= 0.3 is 6.03 Å². The van der Waals surface area contributed by atoms with Crippen LogP contribution in [-0.2, 0) is 9.59 Å². The van der Waals surface area contributed by atoms with E-state index < -0.39 is 23.8 Å². The lowest BCUT2D eigenvalue weighted by Crippen LogP contribution is -2.58. The Bertz CT molecular complexity index is 879. The molecule has 1 heterocycles. The lowest BCUT2D eigenvalue weighted by atomic mass is 9.69. The van der Waals surface area contributed by atoms with Gasteiger partial charge in [-0.15, -0.1) is 0 Å². The van der Waals surface area contributed by atoms with Crippen molar-refractivity contribution in [3.05, 3.63) is 29.3 Å². The van der Waals surface area contributed by atoms with Crippen molar-refractivity contribution in [1.29, 1.82) is 0 Å². The monoisotopic (exact) mass is 401 g/mol. The van der Waals surface area contributed by atoms with Gasteiger partial charge in [-0.05, 0) is 60.3 Å². The molecular weight excluding hydrogens is 378 g/mol. The first-order chi connectivity index (χ1) is 13.1. The fourth-order valence-electron chi connectivity index (χ4n) is 5.13. The van der Waals surface area contributed by atoms with E-state index in [-0.39, 0.29) is 16.9 Å². The Morgan fingerprint density at radius 1 is 1.18 bits per heavy atom. The van der Waals surface area contributed by atoms with Gasteiger partial charge in [0, 0.05) is 11.2 Å². The number of rotatable bonds is 3. The van der Waals surface area contributed by atoms with Crippen molar-refractivity contribution >= 4 is 41.3 Å². The Morgan fingerprint density at radius 2 is 1.86 bits per heavy atom. The minimum absolute atomic E-state index is 0.0635. The smallest absolute Gasteiger partial charge is 0.292 e. The molecule has 1 saturated heterocycles. The van der Waals surface area contributed by atoms with Crippen molar-refractivity contribution in [2.24, 2.45) is 27.7 Å². The maximum Gasteiger partial charge on any atom is 0.335 e. The van der Waals surface area contributed by atoms with E-state index in [9.17, 15) is 14.4 Å². The minimum atomic E-state index is -1.11. The lowest BCUT2D eigenvalue weighted by molar-refractivity contribution is -0.131. The standard InChI is InChI=1S/C21H24ClN3O3/c1-20(2)12-8-9-21(20,3)16(10-12)23-11-15-17(26)24-19(28)25(18(15)27)14-6-4-13(22)5-7-14/h4-7,11-12,15-16H,8-10H2,1-3H3,(H,24,26,28)/t12-,15?,16+,21+/m0/s1. The number of nitrogens with zero attached hydrogens (tertiary/aromatic N) is 2. The first-order valence-corrected chi connectivity index (χ1v) is 10.0. The van der Waals surface area contributed by atoms with Gasteiger partial charge in [-0.3, -0.25) is 19.9 Å². The molecule has 4 amide bonds. The highest BCUT2D eigenvalue weighted by Crippen LogP contribution is 2.66. The van der Waals surface area contributed by atoms with Gasteiger partial charge in [0.25, 0.3) is 5.91 Å². The summed E-state index contributed by atoms with van der Waals surface area (Å²) in [6.45, 7) is 6.84. The van der Waals surface area contributed by atoms with Gasteiger partial charge in [0.1, 0.15) is 0 Å². The van der Waals surface area contributed by atoms with Crippen LogP contribution in [0.3, 0.4) is 0 Å². The van der Waals surface area contributed by atoms with E-state index in [1.54, 1.807) is 24.3 Å². The van der Waals surface area contributed by atoms with E-state index in [1.165, 1.54) is 12.6 Å². The normalized spacial score (nSPS) is 34.4. The third-order valence-corrected chi connectivity index (χ3v) is 7.70. The van der Waals surface area contributed by atoms with Gasteiger partial charge in [-0.1, -0.05) is 32.4 Å². The summed E-state index contributed by atoms with van der Waals surface area (Å²) in [5.41, 5.74) is 0.624. The first kappa shape index (κ1) is 19.1. The molecule has 0 radical (unpaired) electrons. The lowest BCUT2D eigenvalue weighted by Gasteiger charge is -2.37. The van der Waals surface area contributed by atoms with E-state index in [0.29, 0.717) is 16.6 Å². The average Bonchev–Trinajstić information content (AvgIpc) is 2.96. The summed E-state index contributed by atoms with van der Waals surface area (Å²) >= 11 is 5.89. The van der Waals surface area contributed by atoms with Crippen LogP contribution in [0.25, 0.3) is 0 Å². The molecule has 0 aromatic heterocycles. The van der Waals surface area contributed by atoms with Crippen LogP contribution in [0.15, 0.2) is 29.3 Å². The number of amides is 4. The summed E-state index contributed by atoms with van der Waals surface area (Å²) in [7, 11) is 0. The van der Waals surface area contributed by atoms with Crippen LogP contribution in [0.5, 0.6) is 0 Å². The third-order valence-electron chi connectivity index (χ3n) is 7.45. The second kappa shape index (κ2) is 6.41. The maximum absolute atomic E-state index is 12.9. The predicted octanol–water partition coefficient (Wildman–Crippen LogP) is 3.82.